The van der Waals surface area contributed by atoms with Crippen LogP contribution >= 0.6 is 0 Å². The summed E-state index contributed by atoms with van der Waals surface area (Å²) in [5.74, 6) is 0. The zero-order chi connectivity index (χ0) is 11.9. The summed E-state index contributed by atoms with van der Waals surface area (Å²) in [5, 5.41) is 0. The highest BCUT2D eigenvalue weighted by Crippen LogP contribution is 2.43. The number of nitrogen functional groups attached to an aromatic ring is 1. The number of hydrogen-bond acceptors (Lipinski definition) is 2. The molecule has 17 heavy (non-hydrogen) atoms. The summed E-state index contributed by atoms with van der Waals surface area (Å²) in [5.41, 5.74) is 10.4. The molecule has 0 amide bonds. The molecule has 2 aliphatic rings. The molecule has 2 N–H and O–H groups in total. The fraction of sp³-hybridized carbons (Fsp3) is 0.600. The number of fused-ring (bicyclic) bond motifs is 1. The molecule has 0 aromatic heterocycles. The Morgan fingerprint density at radius 2 is 2.12 bits per heavy atom. The van der Waals surface area contributed by atoms with Gasteiger partial charge in [-0.2, -0.15) is 0 Å². The largest absolute Gasteiger partial charge is 0.398 e. The molecule has 0 bridgehead atoms. The molecule has 1 aliphatic carbocycles. The summed E-state index contributed by atoms with van der Waals surface area (Å²) >= 11 is 0. The van der Waals surface area contributed by atoms with Gasteiger partial charge in [0.25, 0.3) is 0 Å². The van der Waals surface area contributed by atoms with E-state index in [9.17, 15) is 0 Å². The summed E-state index contributed by atoms with van der Waals surface area (Å²) in [7, 11) is 0. The smallest absolute Gasteiger partial charge is 0.0419 e. The first-order chi connectivity index (χ1) is 8.18. The molecule has 1 saturated carbocycles. The number of anilines is 2. The normalized spacial score (nSPS) is 21.8. The Kier molecular flexibility index (Phi) is 2.53. The third-order valence-electron chi connectivity index (χ3n) is 4.52. The van der Waals surface area contributed by atoms with E-state index in [1.54, 1.807) is 0 Å². The molecule has 0 atom stereocenters. The molecule has 3 rings (SSSR count). The molecule has 0 saturated heterocycles. The van der Waals surface area contributed by atoms with E-state index in [4.69, 9.17) is 5.73 Å². The molecule has 0 unspecified atom stereocenters. The molecular weight excluding hydrogens is 208 g/mol. The first-order valence-corrected chi connectivity index (χ1v) is 6.80. The molecule has 1 aromatic carbocycles. The van der Waals surface area contributed by atoms with E-state index in [1.807, 2.05) is 6.07 Å². The predicted molar refractivity (Wildman–Crippen MR) is 73.3 cm³/mol. The van der Waals surface area contributed by atoms with Gasteiger partial charge in [-0.05, 0) is 48.8 Å². The van der Waals surface area contributed by atoms with Gasteiger partial charge in [-0.3, -0.25) is 0 Å². The van der Waals surface area contributed by atoms with Crippen LogP contribution in [0.3, 0.4) is 0 Å². The highest BCUT2D eigenvalue weighted by atomic mass is 15.1. The third-order valence-corrected chi connectivity index (χ3v) is 4.52. The van der Waals surface area contributed by atoms with Crippen molar-refractivity contribution in [2.45, 2.75) is 39.0 Å². The lowest BCUT2D eigenvalue weighted by atomic mass is 9.70. The topological polar surface area (TPSA) is 29.3 Å². The van der Waals surface area contributed by atoms with E-state index in [2.05, 4.69) is 24.0 Å². The van der Waals surface area contributed by atoms with Crippen molar-refractivity contribution in [1.29, 1.82) is 0 Å². The van der Waals surface area contributed by atoms with Crippen LogP contribution in [0.1, 0.15) is 38.2 Å². The van der Waals surface area contributed by atoms with Crippen LogP contribution in [-0.4, -0.2) is 13.1 Å². The van der Waals surface area contributed by atoms with Crippen LogP contribution in [0.15, 0.2) is 18.2 Å². The minimum absolute atomic E-state index is 0.555. The number of rotatable bonds is 2. The molecule has 1 aliphatic heterocycles. The van der Waals surface area contributed by atoms with Gasteiger partial charge in [0.05, 0.1) is 0 Å². The van der Waals surface area contributed by atoms with Crippen LogP contribution in [0.25, 0.3) is 0 Å². The summed E-state index contributed by atoms with van der Waals surface area (Å²) in [6, 6.07) is 6.37. The molecule has 1 aromatic rings. The van der Waals surface area contributed by atoms with Crippen molar-refractivity contribution in [3.05, 3.63) is 23.8 Å². The highest BCUT2D eigenvalue weighted by Gasteiger charge is 2.34. The van der Waals surface area contributed by atoms with E-state index in [1.165, 1.54) is 50.0 Å². The van der Waals surface area contributed by atoms with Crippen molar-refractivity contribution in [3.8, 4) is 0 Å². The van der Waals surface area contributed by atoms with Crippen molar-refractivity contribution >= 4 is 11.4 Å². The highest BCUT2D eigenvalue weighted by molar-refractivity contribution is 5.66. The summed E-state index contributed by atoms with van der Waals surface area (Å²) < 4.78 is 0. The molecule has 2 nitrogen and oxygen atoms in total. The maximum absolute atomic E-state index is 6.09. The Balaban J connectivity index is 1.86. The molecule has 1 heterocycles. The number of hydrogen-bond donors (Lipinski definition) is 1. The maximum atomic E-state index is 6.09. The second-order valence-corrected chi connectivity index (χ2v) is 6.03. The van der Waals surface area contributed by atoms with Crippen molar-refractivity contribution in [2.75, 3.05) is 23.7 Å². The Morgan fingerprint density at radius 1 is 1.29 bits per heavy atom. The zero-order valence-electron chi connectivity index (χ0n) is 10.7. The van der Waals surface area contributed by atoms with Crippen LogP contribution in [0.5, 0.6) is 0 Å². The summed E-state index contributed by atoms with van der Waals surface area (Å²) in [4.78, 5) is 2.56. The Morgan fingerprint density at radius 3 is 2.82 bits per heavy atom. The lowest BCUT2D eigenvalue weighted by Crippen LogP contribution is -2.42. The van der Waals surface area contributed by atoms with Gasteiger partial charge in [-0.1, -0.05) is 19.4 Å². The van der Waals surface area contributed by atoms with E-state index in [0.717, 1.165) is 12.1 Å². The number of benzene rings is 1. The van der Waals surface area contributed by atoms with Crippen molar-refractivity contribution in [1.82, 2.24) is 0 Å². The van der Waals surface area contributed by atoms with Crippen LogP contribution < -0.4 is 10.6 Å². The Bertz CT molecular complexity index is 421. The van der Waals surface area contributed by atoms with Gasteiger partial charge in [0.1, 0.15) is 0 Å². The Labute approximate surface area is 104 Å². The fourth-order valence-electron chi connectivity index (χ4n) is 3.29. The van der Waals surface area contributed by atoms with Gasteiger partial charge in [0, 0.05) is 24.5 Å². The molecule has 92 valence electrons. The molecule has 2 heteroatoms. The standard InChI is InChI=1S/C15H22N2/c1-15(8-4-9-15)11-17-10-3-5-12-13(16)6-2-7-14(12)17/h2,6-7H,3-5,8-11,16H2,1H3. The van der Waals surface area contributed by atoms with E-state index in [-0.39, 0.29) is 0 Å². The Hall–Kier alpha value is -1.18. The fourth-order valence-corrected chi connectivity index (χ4v) is 3.29. The minimum Gasteiger partial charge on any atom is -0.398 e. The minimum atomic E-state index is 0.555. The van der Waals surface area contributed by atoms with Gasteiger partial charge < -0.3 is 10.6 Å². The van der Waals surface area contributed by atoms with Crippen molar-refractivity contribution in [2.24, 2.45) is 5.41 Å². The molecular formula is C15H22N2. The van der Waals surface area contributed by atoms with Crippen LogP contribution in [0, 0.1) is 5.41 Å². The second-order valence-electron chi connectivity index (χ2n) is 6.03. The van der Waals surface area contributed by atoms with Crippen LogP contribution in [0.4, 0.5) is 11.4 Å². The summed E-state index contributed by atoms with van der Waals surface area (Å²) in [6.45, 7) is 4.84. The van der Waals surface area contributed by atoms with E-state index < -0.39 is 0 Å². The van der Waals surface area contributed by atoms with Gasteiger partial charge in [0.15, 0.2) is 0 Å². The van der Waals surface area contributed by atoms with Gasteiger partial charge >= 0.3 is 0 Å². The monoisotopic (exact) mass is 230 g/mol. The van der Waals surface area contributed by atoms with E-state index >= 15 is 0 Å². The van der Waals surface area contributed by atoms with Gasteiger partial charge in [-0.25, -0.2) is 0 Å². The first kappa shape index (κ1) is 10.9. The second kappa shape index (κ2) is 3.94. The predicted octanol–water partition coefficient (Wildman–Crippen LogP) is 3.21. The maximum Gasteiger partial charge on any atom is 0.0419 e. The lowest BCUT2D eigenvalue weighted by Gasteiger charge is -2.44. The molecule has 0 spiro atoms. The third kappa shape index (κ3) is 1.90. The molecule has 0 radical (unpaired) electrons. The van der Waals surface area contributed by atoms with Crippen molar-refractivity contribution in [3.63, 3.8) is 0 Å². The number of nitrogens with two attached hydrogens (primary N) is 1. The SMILES string of the molecule is CC1(CN2CCCc3c(N)cccc32)CCC1. The summed E-state index contributed by atoms with van der Waals surface area (Å²) in [6.07, 6.45) is 6.59. The van der Waals surface area contributed by atoms with Crippen LogP contribution in [0.2, 0.25) is 0 Å². The van der Waals surface area contributed by atoms with Crippen LogP contribution in [-0.2, 0) is 6.42 Å². The lowest BCUT2D eigenvalue weighted by molar-refractivity contribution is 0.168. The molecule has 1 fully saturated rings. The van der Waals surface area contributed by atoms with Gasteiger partial charge in [0.2, 0.25) is 0 Å². The zero-order valence-corrected chi connectivity index (χ0v) is 10.7. The number of nitrogens with zero attached hydrogens (tertiary/aromatic N) is 1. The van der Waals surface area contributed by atoms with Crippen molar-refractivity contribution < 1.29 is 0 Å². The average Bonchev–Trinajstić information content (AvgIpc) is 2.28. The quantitative estimate of drug-likeness (QED) is 0.790. The first-order valence-electron chi connectivity index (χ1n) is 6.80. The average molecular weight is 230 g/mol. The van der Waals surface area contributed by atoms with E-state index in [0.29, 0.717) is 5.41 Å². The van der Waals surface area contributed by atoms with Gasteiger partial charge in [-0.15, -0.1) is 0 Å².